The van der Waals surface area contributed by atoms with Gasteiger partial charge in [-0.15, -0.1) is 0 Å². The van der Waals surface area contributed by atoms with Gasteiger partial charge in [-0.25, -0.2) is 0 Å². The fourth-order valence-electron chi connectivity index (χ4n) is 3.21. The Balaban J connectivity index is 2.18. The molecule has 6 heteroatoms. The minimum Gasteiger partial charge on any atom is -0.483 e. The lowest BCUT2D eigenvalue weighted by atomic mass is 10.0. The molecule has 0 aromatic heterocycles. The molecule has 0 unspecified atom stereocenters. The first-order chi connectivity index (χ1) is 14.4. The molecule has 2 rings (SSSR count). The zero-order valence-corrected chi connectivity index (χ0v) is 19.7. The number of hydrogen-bond donors (Lipinski definition) is 1. The van der Waals surface area contributed by atoms with Gasteiger partial charge >= 0.3 is 0 Å². The second kappa shape index (κ2) is 11.7. The van der Waals surface area contributed by atoms with Gasteiger partial charge in [-0.05, 0) is 58.5 Å². The number of halogens is 1. The lowest BCUT2D eigenvalue weighted by Crippen LogP contribution is -2.50. The van der Waals surface area contributed by atoms with E-state index in [-0.39, 0.29) is 18.4 Å². The van der Waals surface area contributed by atoms with Crippen molar-refractivity contribution in [3.63, 3.8) is 0 Å². The predicted octanol–water partition coefficient (Wildman–Crippen LogP) is 4.89. The molecule has 0 aliphatic rings. The molecule has 0 spiro atoms. The van der Waals surface area contributed by atoms with Crippen molar-refractivity contribution in [1.29, 1.82) is 0 Å². The van der Waals surface area contributed by atoms with Crippen LogP contribution in [0.4, 0.5) is 0 Å². The van der Waals surface area contributed by atoms with Gasteiger partial charge in [0.1, 0.15) is 11.8 Å². The molecule has 0 bridgehead atoms. The van der Waals surface area contributed by atoms with Crippen LogP contribution in [-0.4, -0.2) is 35.9 Å². The standard InChI is InChI=1S/C24H31BrN2O3/c1-5-21(24(29)26-6-2)27(15-18-10-8-7-9-11-18)23(28)16-30-22-13-12-19(17(3)4)14-20(22)25/h7-14,17,21H,5-6,15-16H2,1-4H3,(H,26,29)/t21-/m0/s1. The molecule has 30 heavy (non-hydrogen) atoms. The Morgan fingerprint density at radius 3 is 2.37 bits per heavy atom. The van der Waals surface area contributed by atoms with Crippen LogP contribution in [0.2, 0.25) is 0 Å². The smallest absolute Gasteiger partial charge is 0.261 e. The zero-order valence-electron chi connectivity index (χ0n) is 18.2. The highest BCUT2D eigenvalue weighted by Crippen LogP contribution is 2.29. The number of amides is 2. The molecular weight excluding hydrogens is 444 g/mol. The minimum absolute atomic E-state index is 0.137. The summed E-state index contributed by atoms with van der Waals surface area (Å²) in [5.41, 5.74) is 2.16. The third-order valence-electron chi connectivity index (χ3n) is 4.91. The number of ether oxygens (including phenoxy) is 1. The van der Waals surface area contributed by atoms with Crippen LogP contribution in [0.25, 0.3) is 0 Å². The van der Waals surface area contributed by atoms with Crippen molar-refractivity contribution in [2.45, 2.75) is 52.6 Å². The van der Waals surface area contributed by atoms with Gasteiger partial charge in [-0.3, -0.25) is 9.59 Å². The van der Waals surface area contributed by atoms with Crippen molar-refractivity contribution in [2.75, 3.05) is 13.2 Å². The van der Waals surface area contributed by atoms with Crippen LogP contribution in [0.15, 0.2) is 53.0 Å². The summed E-state index contributed by atoms with van der Waals surface area (Å²) < 4.78 is 6.63. The normalized spacial score (nSPS) is 11.8. The summed E-state index contributed by atoms with van der Waals surface area (Å²) in [6.45, 7) is 8.77. The van der Waals surface area contributed by atoms with Crippen molar-refractivity contribution in [1.82, 2.24) is 10.2 Å². The van der Waals surface area contributed by atoms with Crippen LogP contribution in [0.3, 0.4) is 0 Å². The molecule has 1 atom stereocenters. The monoisotopic (exact) mass is 474 g/mol. The summed E-state index contributed by atoms with van der Waals surface area (Å²) >= 11 is 3.53. The van der Waals surface area contributed by atoms with Crippen molar-refractivity contribution in [3.8, 4) is 5.75 Å². The van der Waals surface area contributed by atoms with Gasteiger partial charge in [0.05, 0.1) is 4.47 Å². The molecule has 0 saturated carbocycles. The van der Waals surface area contributed by atoms with E-state index in [1.807, 2.05) is 62.4 Å². The molecule has 0 heterocycles. The summed E-state index contributed by atoms with van der Waals surface area (Å²) in [6.07, 6.45) is 0.525. The average molecular weight is 475 g/mol. The molecular formula is C24H31BrN2O3. The van der Waals surface area contributed by atoms with Gasteiger partial charge in [-0.1, -0.05) is 57.2 Å². The number of carbonyl (C=O) groups excluding carboxylic acids is 2. The molecule has 2 amide bonds. The van der Waals surface area contributed by atoms with Crippen molar-refractivity contribution in [3.05, 3.63) is 64.1 Å². The van der Waals surface area contributed by atoms with Crippen LogP contribution in [0.1, 0.15) is 51.2 Å². The number of rotatable bonds is 10. The van der Waals surface area contributed by atoms with Gasteiger partial charge in [0.25, 0.3) is 5.91 Å². The Bertz CT molecular complexity index is 840. The van der Waals surface area contributed by atoms with E-state index < -0.39 is 6.04 Å². The number of likely N-dealkylation sites (N-methyl/N-ethyl adjacent to an activating group) is 1. The molecule has 0 fully saturated rings. The van der Waals surface area contributed by atoms with Gasteiger partial charge < -0.3 is 15.0 Å². The van der Waals surface area contributed by atoms with E-state index in [0.717, 1.165) is 10.0 Å². The topological polar surface area (TPSA) is 58.6 Å². The Morgan fingerprint density at radius 2 is 1.80 bits per heavy atom. The maximum atomic E-state index is 13.1. The molecule has 0 radical (unpaired) electrons. The molecule has 0 aliphatic heterocycles. The maximum absolute atomic E-state index is 13.1. The molecule has 5 nitrogen and oxygen atoms in total. The zero-order chi connectivity index (χ0) is 22.1. The Morgan fingerprint density at radius 1 is 1.10 bits per heavy atom. The molecule has 0 aliphatic carbocycles. The first-order valence-electron chi connectivity index (χ1n) is 10.4. The quantitative estimate of drug-likeness (QED) is 0.532. The van der Waals surface area contributed by atoms with Crippen LogP contribution < -0.4 is 10.1 Å². The molecule has 2 aromatic carbocycles. The highest BCUT2D eigenvalue weighted by atomic mass is 79.9. The van der Waals surface area contributed by atoms with Gasteiger partial charge in [-0.2, -0.15) is 0 Å². The summed E-state index contributed by atoms with van der Waals surface area (Å²) in [7, 11) is 0. The summed E-state index contributed by atoms with van der Waals surface area (Å²) in [5.74, 6) is 0.641. The van der Waals surface area contributed by atoms with E-state index in [1.54, 1.807) is 4.90 Å². The number of carbonyl (C=O) groups is 2. The van der Waals surface area contributed by atoms with E-state index in [4.69, 9.17) is 4.74 Å². The number of benzene rings is 2. The molecule has 2 aromatic rings. The van der Waals surface area contributed by atoms with Gasteiger partial charge in [0.15, 0.2) is 6.61 Å². The molecule has 162 valence electrons. The lowest BCUT2D eigenvalue weighted by Gasteiger charge is -2.30. The SMILES string of the molecule is CCNC(=O)[C@H](CC)N(Cc1ccccc1)C(=O)COc1ccc(C(C)C)cc1Br. The van der Waals surface area contributed by atoms with Crippen LogP contribution >= 0.6 is 15.9 Å². The van der Waals surface area contributed by atoms with Crippen LogP contribution in [-0.2, 0) is 16.1 Å². The predicted molar refractivity (Wildman–Crippen MR) is 123 cm³/mol. The number of nitrogens with zero attached hydrogens (tertiary/aromatic N) is 1. The van der Waals surface area contributed by atoms with Crippen molar-refractivity contribution in [2.24, 2.45) is 0 Å². The van der Waals surface area contributed by atoms with E-state index >= 15 is 0 Å². The van der Waals surface area contributed by atoms with Gasteiger partial charge in [0.2, 0.25) is 5.91 Å². The van der Waals surface area contributed by atoms with E-state index in [1.165, 1.54) is 5.56 Å². The van der Waals surface area contributed by atoms with Crippen molar-refractivity contribution >= 4 is 27.7 Å². The Labute approximate surface area is 187 Å². The summed E-state index contributed by atoms with van der Waals surface area (Å²) in [5, 5.41) is 2.84. The minimum atomic E-state index is -0.548. The summed E-state index contributed by atoms with van der Waals surface area (Å²) in [6, 6.07) is 15.0. The second-order valence-corrected chi connectivity index (χ2v) is 8.31. The highest BCUT2D eigenvalue weighted by molar-refractivity contribution is 9.10. The largest absolute Gasteiger partial charge is 0.483 e. The third-order valence-corrected chi connectivity index (χ3v) is 5.53. The molecule has 1 N–H and O–H groups in total. The average Bonchev–Trinajstić information content (AvgIpc) is 2.73. The Hall–Kier alpha value is -2.34. The van der Waals surface area contributed by atoms with E-state index in [9.17, 15) is 9.59 Å². The Kier molecular flexibility index (Phi) is 9.37. The number of nitrogens with one attached hydrogen (secondary N) is 1. The maximum Gasteiger partial charge on any atom is 0.261 e. The van der Waals surface area contributed by atoms with Gasteiger partial charge in [0, 0.05) is 13.1 Å². The first kappa shape index (κ1) is 23.9. The van der Waals surface area contributed by atoms with E-state index in [2.05, 4.69) is 35.1 Å². The molecule has 0 saturated heterocycles. The lowest BCUT2D eigenvalue weighted by molar-refractivity contribution is -0.142. The fourth-order valence-corrected chi connectivity index (χ4v) is 3.72. The number of hydrogen-bond acceptors (Lipinski definition) is 3. The summed E-state index contributed by atoms with van der Waals surface area (Å²) in [4.78, 5) is 27.3. The van der Waals surface area contributed by atoms with Crippen molar-refractivity contribution < 1.29 is 14.3 Å². The van der Waals surface area contributed by atoms with Crippen LogP contribution in [0, 0.1) is 0 Å². The van der Waals surface area contributed by atoms with E-state index in [0.29, 0.717) is 31.2 Å². The van der Waals surface area contributed by atoms with Crippen LogP contribution in [0.5, 0.6) is 5.75 Å². The highest BCUT2D eigenvalue weighted by Gasteiger charge is 2.28. The first-order valence-corrected chi connectivity index (χ1v) is 11.2. The third kappa shape index (κ3) is 6.59. The fraction of sp³-hybridized carbons (Fsp3) is 0.417. The second-order valence-electron chi connectivity index (χ2n) is 7.46.